The number of hydrogen-bond acceptors (Lipinski definition) is 2. The summed E-state index contributed by atoms with van der Waals surface area (Å²) in [5, 5.41) is 9.13. The molecule has 2 aliphatic carbocycles. The summed E-state index contributed by atoms with van der Waals surface area (Å²) in [5.74, 6) is 0.227. The fraction of sp³-hybridized carbons (Fsp3) is 0.533. The van der Waals surface area contributed by atoms with Crippen molar-refractivity contribution in [2.45, 2.75) is 37.1 Å². The number of benzene rings is 1. The highest BCUT2D eigenvalue weighted by atomic mass is 16.3. The lowest BCUT2D eigenvalue weighted by Gasteiger charge is -2.27. The quantitative estimate of drug-likeness (QED) is 0.857. The molecule has 3 rings (SSSR count). The number of nitrogens with zero attached hydrogens (tertiary/aromatic N) is 1. The number of carbonyl (C=O) groups excluding carboxylic acids is 1. The first kappa shape index (κ1) is 11.7. The topological polar surface area (TPSA) is 40.5 Å². The van der Waals surface area contributed by atoms with E-state index in [0.29, 0.717) is 12.6 Å². The minimum absolute atomic E-state index is 0.0626. The summed E-state index contributed by atoms with van der Waals surface area (Å²) in [5.41, 5.74) is 0.859. The molecule has 0 saturated heterocycles. The van der Waals surface area contributed by atoms with Gasteiger partial charge in [-0.2, -0.15) is 0 Å². The lowest BCUT2D eigenvalue weighted by atomic mass is 9.94. The normalized spacial score (nSPS) is 20.5. The molecule has 3 heteroatoms. The molecule has 3 nitrogen and oxygen atoms in total. The molecule has 0 aliphatic heterocycles. The van der Waals surface area contributed by atoms with Crippen molar-refractivity contribution in [3.8, 4) is 0 Å². The molecule has 1 N–H and O–H groups in total. The van der Waals surface area contributed by atoms with Crippen LogP contribution in [-0.4, -0.2) is 35.1 Å². The van der Waals surface area contributed by atoms with Crippen molar-refractivity contribution in [3.05, 3.63) is 35.9 Å². The van der Waals surface area contributed by atoms with Crippen molar-refractivity contribution < 1.29 is 9.90 Å². The molecule has 2 saturated carbocycles. The maximum absolute atomic E-state index is 12.7. The third-order valence-electron chi connectivity index (χ3n) is 4.08. The van der Waals surface area contributed by atoms with Crippen molar-refractivity contribution in [1.82, 2.24) is 4.90 Å². The van der Waals surface area contributed by atoms with Gasteiger partial charge in [-0.25, -0.2) is 0 Å². The van der Waals surface area contributed by atoms with E-state index in [4.69, 9.17) is 5.11 Å². The monoisotopic (exact) mass is 245 g/mol. The van der Waals surface area contributed by atoms with E-state index in [0.717, 1.165) is 31.2 Å². The highest BCUT2D eigenvalue weighted by Crippen LogP contribution is 2.50. The Hall–Kier alpha value is -1.35. The van der Waals surface area contributed by atoms with Gasteiger partial charge in [-0.15, -0.1) is 0 Å². The van der Waals surface area contributed by atoms with Gasteiger partial charge in [0, 0.05) is 12.6 Å². The van der Waals surface area contributed by atoms with E-state index in [1.807, 2.05) is 23.1 Å². The smallest absolute Gasteiger partial charge is 0.233 e. The van der Waals surface area contributed by atoms with Gasteiger partial charge < -0.3 is 10.0 Å². The van der Waals surface area contributed by atoms with Crippen molar-refractivity contribution in [3.63, 3.8) is 0 Å². The summed E-state index contributed by atoms with van der Waals surface area (Å²) in [6.07, 6.45) is 4.09. The van der Waals surface area contributed by atoms with Crippen molar-refractivity contribution in [1.29, 1.82) is 0 Å². The number of hydrogen-bond donors (Lipinski definition) is 1. The zero-order chi connectivity index (χ0) is 12.6. The average molecular weight is 245 g/mol. The van der Waals surface area contributed by atoms with Crippen LogP contribution in [-0.2, 0) is 10.2 Å². The molecular formula is C15H19NO2. The third kappa shape index (κ3) is 1.93. The Morgan fingerprint density at radius 2 is 1.94 bits per heavy atom. The Morgan fingerprint density at radius 3 is 2.44 bits per heavy atom. The summed E-state index contributed by atoms with van der Waals surface area (Å²) >= 11 is 0. The third-order valence-corrected chi connectivity index (χ3v) is 4.08. The highest BCUT2D eigenvalue weighted by Gasteiger charge is 2.54. The Morgan fingerprint density at radius 1 is 1.28 bits per heavy atom. The van der Waals surface area contributed by atoms with E-state index >= 15 is 0 Å². The minimum Gasteiger partial charge on any atom is -0.395 e. The highest BCUT2D eigenvalue weighted by molar-refractivity contribution is 5.91. The fourth-order valence-electron chi connectivity index (χ4n) is 2.73. The zero-order valence-corrected chi connectivity index (χ0v) is 10.5. The van der Waals surface area contributed by atoms with Gasteiger partial charge in [-0.05, 0) is 31.2 Å². The van der Waals surface area contributed by atoms with Crippen LogP contribution in [0.4, 0.5) is 0 Å². The zero-order valence-electron chi connectivity index (χ0n) is 10.5. The molecule has 0 unspecified atom stereocenters. The van der Waals surface area contributed by atoms with E-state index in [9.17, 15) is 4.79 Å². The Balaban J connectivity index is 1.83. The molecule has 0 spiro atoms. The molecule has 2 aliphatic rings. The summed E-state index contributed by atoms with van der Waals surface area (Å²) in [6, 6.07) is 10.5. The molecule has 1 aromatic carbocycles. The van der Waals surface area contributed by atoms with Crippen molar-refractivity contribution in [2.75, 3.05) is 13.2 Å². The number of amides is 1. The van der Waals surface area contributed by atoms with Crippen LogP contribution in [0.15, 0.2) is 30.3 Å². The first-order chi connectivity index (χ1) is 8.78. The predicted molar refractivity (Wildman–Crippen MR) is 69.2 cm³/mol. The predicted octanol–water partition coefficient (Wildman–Crippen LogP) is 1.70. The van der Waals surface area contributed by atoms with Crippen molar-refractivity contribution >= 4 is 5.91 Å². The molecule has 0 atom stereocenters. The molecule has 18 heavy (non-hydrogen) atoms. The number of aliphatic hydroxyl groups is 1. The molecule has 1 amide bonds. The SMILES string of the molecule is O=C(N(CCO)C1CC1)C1(c2ccccc2)CC1. The number of carbonyl (C=O) groups is 1. The van der Waals surface area contributed by atoms with E-state index in [-0.39, 0.29) is 17.9 Å². The van der Waals surface area contributed by atoms with Crippen LogP contribution in [0.25, 0.3) is 0 Å². The Labute approximate surface area is 107 Å². The Kier molecular flexibility index (Phi) is 2.86. The molecule has 2 fully saturated rings. The molecule has 96 valence electrons. The fourth-order valence-corrected chi connectivity index (χ4v) is 2.73. The van der Waals surface area contributed by atoms with Crippen LogP contribution in [0.2, 0.25) is 0 Å². The molecule has 1 aromatic rings. The molecule has 0 bridgehead atoms. The van der Waals surface area contributed by atoms with E-state index in [2.05, 4.69) is 12.1 Å². The summed E-state index contributed by atoms with van der Waals surface area (Å²) < 4.78 is 0. The largest absolute Gasteiger partial charge is 0.395 e. The second-order valence-corrected chi connectivity index (χ2v) is 5.40. The summed E-state index contributed by atoms with van der Waals surface area (Å²) in [7, 11) is 0. The van der Waals surface area contributed by atoms with Crippen LogP contribution in [0, 0.1) is 0 Å². The summed E-state index contributed by atoms with van der Waals surface area (Å²) in [4.78, 5) is 14.6. The van der Waals surface area contributed by atoms with Gasteiger partial charge in [0.25, 0.3) is 0 Å². The van der Waals surface area contributed by atoms with Gasteiger partial charge in [0.15, 0.2) is 0 Å². The maximum atomic E-state index is 12.7. The molecule has 0 aromatic heterocycles. The van der Waals surface area contributed by atoms with Gasteiger partial charge in [-0.3, -0.25) is 4.79 Å². The van der Waals surface area contributed by atoms with Crippen LogP contribution in [0.1, 0.15) is 31.2 Å². The van der Waals surface area contributed by atoms with Gasteiger partial charge in [0.05, 0.1) is 12.0 Å². The van der Waals surface area contributed by atoms with Gasteiger partial charge in [0.1, 0.15) is 0 Å². The average Bonchev–Trinajstić information content (AvgIpc) is 3.30. The van der Waals surface area contributed by atoms with E-state index in [1.165, 1.54) is 0 Å². The van der Waals surface area contributed by atoms with Gasteiger partial charge >= 0.3 is 0 Å². The van der Waals surface area contributed by atoms with Crippen LogP contribution in [0.3, 0.4) is 0 Å². The molecular weight excluding hydrogens is 226 g/mol. The van der Waals surface area contributed by atoms with E-state index in [1.54, 1.807) is 0 Å². The van der Waals surface area contributed by atoms with E-state index < -0.39 is 0 Å². The second kappa shape index (κ2) is 4.39. The van der Waals surface area contributed by atoms with Crippen molar-refractivity contribution in [2.24, 2.45) is 0 Å². The number of aliphatic hydroxyl groups excluding tert-OH is 1. The summed E-state index contributed by atoms with van der Waals surface area (Å²) in [6.45, 7) is 0.547. The molecule has 0 heterocycles. The first-order valence-corrected chi connectivity index (χ1v) is 6.75. The Bertz CT molecular complexity index is 435. The van der Waals surface area contributed by atoms with Crippen LogP contribution in [0.5, 0.6) is 0 Å². The first-order valence-electron chi connectivity index (χ1n) is 6.75. The maximum Gasteiger partial charge on any atom is 0.233 e. The lowest BCUT2D eigenvalue weighted by Crippen LogP contribution is -2.42. The van der Waals surface area contributed by atoms with Crippen LogP contribution >= 0.6 is 0 Å². The number of rotatable bonds is 5. The molecule has 0 radical (unpaired) electrons. The van der Waals surface area contributed by atoms with Gasteiger partial charge in [0.2, 0.25) is 5.91 Å². The second-order valence-electron chi connectivity index (χ2n) is 5.40. The minimum atomic E-state index is -0.279. The standard InChI is InChI=1S/C15H19NO2/c17-11-10-16(13-6-7-13)14(18)15(8-9-15)12-4-2-1-3-5-12/h1-5,13,17H,6-11H2. The lowest BCUT2D eigenvalue weighted by molar-refractivity contribution is -0.135. The van der Waals surface area contributed by atoms with Crippen LogP contribution < -0.4 is 0 Å². The van der Waals surface area contributed by atoms with Gasteiger partial charge in [-0.1, -0.05) is 30.3 Å².